The molecule has 1 atom stereocenters. The largest absolute Gasteiger partial charge is 0.457 e. The van der Waals surface area contributed by atoms with E-state index in [1.807, 2.05) is 30.3 Å². The van der Waals surface area contributed by atoms with Crippen molar-refractivity contribution in [2.24, 2.45) is 0 Å². The van der Waals surface area contributed by atoms with Gasteiger partial charge in [0.1, 0.15) is 11.5 Å². The van der Waals surface area contributed by atoms with Gasteiger partial charge in [0.25, 0.3) is 11.8 Å². The number of para-hydroxylation sites is 1. The molecule has 7 nitrogen and oxygen atoms in total. The SMILES string of the molecule is CC(CCNC(=O)c1ccc(Oc2ccccc2)cc1)(C(=O)NO)c1ccncc1. The number of amides is 2. The molecule has 3 rings (SSSR count). The number of rotatable bonds is 8. The van der Waals surface area contributed by atoms with Crippen LogP contribution in [0.2, 0.25) is 0 Å². The lowest BCUT2D eigenvalue weighted by Gasteiger charge is -2.27. The second kappa shape index (κ2) is 9.67. The lowest BCUT2D eigenvalue weighted by Crippen LogP contribution is -2.43. The number of ether oxygens (including phenoxy) is 1. The normalized spacial score (nSPS) is 12.5. The van der Waals surface area contributed by atoms with Crippen LogP contribution >= 0.6 is 0 Å². The number of carbonyl (C=O) groups excluding carboxylic acids is 2. The third-order valence-corrected chi connectivity index (χ3v) is 4.93. The summed E-state index contributed by atoms with van der Waals surface area (Å²) in [5.74, 6) is 0.531. The molecular weight excluding hydrogens is 382 g/mol. The highest BCUT2D eigenvalue weighted by atomic mass is 16.5. The van der Waals surface area contributed by atoms with E-state index < -0.39 is 11.3 Å². The lowest BCUT2D eigenvalue weighted by atomic mass is 9.79. The molecule has 0 radical (unpaired) electrons. The summed E-state index contributed by atoms with van der Waals surface area (Å²) in [5.41, 5.74) is 1.87. The van der Waals surface area contributed by atoms with Gasteiger partial charge in [0.2, 0.25) is 0 Å². The zero-order chi connectivity index (χ0) is 21.4. The molecule has 3 N–H and O–H groups in total. The standard InChI is InChI=1S/C23H23N3O4/c1-23(22(28)26-29,18-11-14-24-15-12-18)13-16-25-21(27)17-7-9-20(10-8-17)30-19-5-3-2-4-6-19/h2-12,14-15,29H,13,16H2,1H3,(H,25,27)(H,26,28). The molecule has 30 heavy (non-hydrogen) atoms. The van der Waals surface area contributed by atoms with Gasteiger partial charge in [-0.15, -0.1) is 0 Å². The summed E-state index contributed by atoms with van der Waals surface area (Å²) in [5, 5.41) is 12.0. The maximum absolute atomic E-state index is 12.5. The molecule has 0 saturated carbocycles. The number of aromatic nitrogens is 1. The fourth-order valence-electron chi connectivity index (χ4n) is 3.06. The van der Waals surface area contributed by atoms with Gasteiger partial charge in [0, 0.05) is 24.5 Å². The van der Waals surface area contributed by atoms with E-state index in [-0.39, 0.29) is 12.5 Å². The summed E-state index contributed by atoms with van der Waals surface area (Å²) in [6, 6.07) is 19.6. The monoisotopic (exact) mass is 405 g/mol. The minimum Gasteiger partial charge on any atom is -0.457 e. The van der Waals surface area contributed by atoms with Crippen LogP contribution in [0.25, 0.3) is 0 Å². The molecule has 0 aliphatic heterocycles. The molecule has 0 aliphatic rings. The van der Waals surface area contributed by atoms with Gasteiger partial charge < -0.3 is 10.1 Å². The van der Waals surface area contributed by atoms with Crippen LogP contribution in [-0.2, 0) is 10.2 Å². The van der Waals surface area contributed by atoms with E-state index in [4.69, 9.17) is 9.94 Å². The summed E-state index contributed by atoms with van der Waals surface area (Å²) >= 11 is 0. The fourth-order valence-corrected chi connectivity index (χ4v) is 3.06. The summed E-state index contributed by atoms with van der Waals surface area (Å²) in [6.45, 7) is 1.95. The van der Waals surface area contributed by atoms with Crippen LogP contribution in [0.5, 0.6) is 11.5 Å². The fraction of sp³-hybridized carbons (Fsp3) is 0.174. The van der Waals surface area contributed by atoms with Crippen molar-refractivity contribution in [3.05, 3.63) is 90.3 Å². The Morgan fingerprint density at radius 2 is 1.60 bits per heavy atom. The third-order valence-electron chi connectivity index (χ3n) is 4.93. The minimum absolute atomic E-state index is 0.243. The Balaban J connectivity index is 1.60. The molecule has 3 aromatic rings. The van der Waals surface area contributed by atoms with Crippen molar-refractivity contribution in [1.82, 2.24) is 15.8 Å². The van der Waals surface area contributed by atoms with E-state index in [1.165, 1.54) is 0 Å². The Morgan fingerprint density at radius 1 is 0.967 bits per heavy atom. The van der Waals surface area contributed by atoms with Gasteiger partial charge in [-0.3, -0.25) is 19.8 Å². The first kappa shape index (κ1) is 21.0. The van der Waals surface area contributed by atoms with Crippen molar-refractivity contribution in [1.29, 1.82) is 0 Å². The third kappa shape index (κ3) is 5.01. The van der Waals surface area contributed by atoms with Gasteiger partial charge in [0.05, 0.1) is 5.41 Å². The zero-order valence-electron chi connectivity index (χ0n) is 16.5. The van der Waals surface area contributed by atoms with E-state index in [0.717, 1.165) is 0 Å². The molecule has 0 aliphatic carbocycles. The van der Waals surface area contributed by atoms with Crippen molar-refractivity contribution in [3.63, 3.8) is 0 Å². The molecule has 2 aromatic carbocycles. The minimum atomic E-state index is -1.02. The second-order valence-electron chi connectivity index (χ2n) is 6.95. The van der Waals surface area contributed by atoms with Gasteiger partial charge in [0.15, 0.2) is 0 Å². The first-order valence-electron chi connectivity index (χ1n) is 9.49. The van der Waals surface area contributed by atoms with Crippen LogP contribution in [0.15, 0.2) is 79.1 Å². The Kier molecular flexibility index (Phi) is 6.77. The number of benzene rings is 2. The van der Waals surface area contributed by atoms with Crippen molar-refractivity contribution in [2.75, 3.05) is 6.54 Å². The van der Waals surface area contributed by atoms with Crippen LogP contribution in [0, 0.1) is 0 Å². The second-order valence-corrected chi connectivity index (χ2v) is 6.95. The highest BCUT2D eigenvalue weighted by Gasteiger charge is 2.34. The van der Waals surface area contributed by atoms with E-state index in [9.17, 15) is 9.59 Å². The molecule has 0 fully saturated rings. The zero-order valence-corrected chi connectivity index (χ0v) is 16.5. The Labute approximate surface area is 174 Å². The molecule has 0 bridgehead atoms. The van der Waals surface area contributed by atoms with E-state index in [1.54, 1.807) is 61.2 Å². The molecule has 0 spiro atoms. The number of pyridine rings is 1. The van der Waals surface area contributed by atoms with Gasteiger partial charge in [-0.1, -0.05) is 18.2 Å². The number of nitrogens with one attached hydrogen (secondary N) is 2. The van der Waals surface area contributed by atoms with E-state index >= 15 is 0 Å². The average molecular weight is 405 g/mol. The predicted octanol–water partition coefficient (Wildman–Crippen LogP) is 3.46. The molecule has 1 aromatic heterocycles. The molecule has 154 valence electrons. The summed E-state index contributed by atoms with van der Waals surface area (Å²) in [6.07, 6.45) is 3.45. The Morgan fingerprint density at radius 3 is 2.23 bits per heavy atom. The highest BCUT2D eigenvalue weighted by molar-refractivity contribution is 5.94. The molecule has 0 saturated heterocycles. The highest BCUT2D eigenvalue weighted by Crippen LogP contribution is 2.27. The number of nitrogens with zero attached hydrogens (tertiary/aromatic N) is 1. The van der Waals surface area contributed by atoms with Crippen molar-refractivity contribution < 1.29 is 19.5 Å². The van der Waals surface area contributed by atoms with Crippen LogP contribution in [0.1, 0.15) is 29.3 Å². The topological polar surface area (TPSA) is 101 Å². The van der Waals surface area contributed by atoms with Gasteiger partial charge in [-0.2, -0.15) is 0 Å². The molecular formula is C23H23N3O4. The Hall–Kier alpha value is -3.71. The van der Waals surface area contributed by atoms with E-state index in [0.29, 0.717) is 29.0 Å². The maximum Gasteiger partial charge on any atom is 0.253 e. The number of carbonyl (C=O) groups is 2. The smallest absolute Gasteiger partial charge is 0.253 e. The van der Waals surface area contributed by atoms with Crippen LogP contribution in [0.3, 0.4) is 0 Å². The summed E-state index contributed by atoms with van der Waals surface area (Å²) in [7, 11) is 0. The number of hydrogen-bond donors (Lipinski definition) is 3. The summed E-state index contributed by atoms with van der Waals surface area (Å²) < 4.78 is 5.72. The molecule has 1 unspecified atom stereocenters. The average Bonchev–Trinajstić information content (AvgIpc) is 2.80. The maximum atomic E-state index is 12.5. The van der Waals surface area contributed by atoms with Crippen LogP contribution in [-0.4, -0.2) is 28.6 Å². The van der Waals surface area contributed by atoms with Crippen LogP contribution in [0.4, 0.5) is 0 Å². The molecule has 7 heteroatoms. The quantitative estimate of drug-likeness (QED) is 0.394. The molecule has 2 amide bonds. The Bertz CT molecular complexity index is 978. The van der Waals surface area contributed by atoms with E-state index in [2.05, 4.69) is 10.3 Å². The van der Waals surface area contributed by atoms with Crippen LogP contribution < -0.4 is 15.5 Å². The van der Waals surface area contributed by atoms with Gasteiger partial charge in [-0.05, 0) is 67.4 Å². The van der Waals surface area contributed by atoms with Gasteiger partial charge >= 0.3 is 0 Å². The van der Waals surface area contributed by atoms with Crippen molar-refractivity contribution >= 4 is 11.8 Å². The van der Waals surface area contributed by atoms with Gasteiger partial charge in [-0.25, -0.2) is 5.48 Å². The predicted molar refractivity (Wildman–Crippen MR) is 111 cm³/mol. The van der Waals surface area contributed by atoms with Crippen molar-refractivity contribution in [3.8, 4) is 11.5 Å². The van der Waals surface area contributed by atoms with Crippen molar-refractivity contribution in [2.45, 2.75) is 18.8 Å². The lowest BCUT2D eigenvalue weighted by molar-refractivity contribution is -0.135. The number of hydroxylamine groups is 1. The first-order valence-corrected chi connectivity index (χ1v) is 9.49. The first-order chi connectivity index (χ1) is 14.5. The molecule has 1 heterocycles. The summed E-state index contributed by atoms with van der Waals surface area (Å²) in [4.78, 5) is 28.7. The number of hydrogen-bond acceptors (Lipinski definition) is 5.